The van der Waals surface area contributed by atoms with Crippen LogP contribution in [0.4, 0.5) is 0 Å². The maximum atomic E-state index is 12.2. The lowest BCUT2D eigenvalue weighted by atomic mass is 10.1. The minimum atomic E-state index is -0.678. The van der Waals surface area contributed by atoms with E-state index in [0.717, 1.165) is 22.1 Å². The van der Waals surface area contributed by atoms with Crippen molar-refractivity contribution in [3.63, 3.8) is 0 Å². The smallest absolute Gasteiger partial charge is 0.280 e. The first kappa shape index (κ1) is 17.5. The first-order chi connectivity index (χ1) is 12.7. The molecule has 0 heterocycles. The van der Waals surface area contributed by atoms with E-state index in [1.807, 2.05) is 66.7 Å². The Morgan fingerprint density at radius 2 is 1.85 bits per heavy atom. The standard InChI is InChI=1S/C21H20N2O3/c1-15(26-20-12-6-9-17-8-3-4-11-19(17)20)21(24)23-22-14-16-7-5-10-18(13-16)25-2/h3-15H,1-2H3,(H,23,24). The van der Waals surface area contributed by atoms with Crippen LogP contribution < -0.4 is 14.9 Å². The molecule has 132 valence electrons. The number of carbonyl (C=O) groups is 1. The third-order valence-electron chi connectivity index (χ3n) is 3.90. The first-order valence-electron chi connectivity index (χ1n) is 8.29. The fourth-order valence-corrected chi connectivity index (χ4v) is 2.53. The Kier molecular flexibility index (Phi) is 5.49. The molecule has 1 unspecified atom stereocenters. The van der Waals surface area contributed by atoms with Crippen LogP contribution in [-0.4, -0.2) is 25.3 Å². The highest BCUT2D eigenvalue weighted by molar-refractivity contribution is 5.89. The molecule has 0 radical (unpaired) electrons. The SMILES string of the molecule is COc1cccc(C=NNC(=O)C(C)Oc2cccc3ccccc23)c1. The van der Waals surface area contributed by atoms with Gasteiger partial charge in [0.15, 0.2) is 6.10 Å². The highest BCUT2D eigenvalue weighted by atomic mass is 16.5. The summed E-state index contributed by atoms with van der Waals surface area (Å²) >= 11 is 0. The van der Waals surface area contributed by atoms with Gasteiger partial charge >= 0.3 is 0 Å². The Balaban J connectivity index is 1.63. The summed E-state index contributed by atoms with van der Waals surface area (Å²) in [6.07, 6.45) is 0.883. The van der Waals surface area contributed by atoms with Crippen molar-refractivity contribution >= 4 is 22.9 Å². The monoisotopic (exact) mass is 348 g/mol. The van der Waals surface area contributed by atoms with Gasteiger partial charge in [-0.05, 0) is 36.1 Å². The summed E-state index contributed by atoms with van der Waals surface area (Å²) in [4.78, 5) is 12.2. The molecule has 1 N–H and O–H groups in total. The van der Waals surface area contributed by atoms with Crippen molar-refractivity contribution in [1.29, 1.82) is 0 Å². The molecule has 0 aliphatic carbocycles. The second-order valence-electron chi connectivity index (χ2n) is 5.75. The van der Waals surface area contributed by atoms with Gasteiger partial charge in [0.2, 0.25) is 0 Å². The van der Waals surface area contributed by atoms with E-state index in [9.17, 15) is 4.79 Å². The van der Waals surface area contributed by atoms with Gasteiger partial charge in [-0.2, -0.15) is 5.10 Å². The van der Waals surface area contributed by atoms with Crippen LogP contribution in [0.3, 0.4) is 0 Å². The molecular weight excluding hydrogens is 328 g/mol. The van der Waals surface area contributed by atoms with E-state index in [1.54, 1.807) is 20.2 Å². The Hall–Kier alpha value is -3.34. The number of hydrogen-bond acceptors (Lipinski definition) is 4. The molecule has 0 spiro atoms. The first-order valence-corrected chi connectivity index (χ1v) is 8.29. The van der Waals surface area contributed by atoms with Crippen LogP contribution in [0, 0.1) is 0 Å². The molecule has 5 nitrogen and oxygen atoms in total. The Bertz CT molecular complexity index is 932. The van der Waals surface area contributed by atoms with E-state index in [0.29, 0.717) is 5.75 Å². The van der Waals surface area contributed by atoms with Crippen LogP contribution in [0.1, 0.15) is 12.5 Å². The molecular formula is C21H20N2O3. The minimum Gasteiger partial charge on any atom is -0.497 e. The number of nitrogens with one attached hydrogen (secondary N) is 1. The van der Waals surface area contributed by atoms with Crippen LogP contribution in [-0.2, 0) is 4.79 Å². The quantitative estimate of drug-likeness (QED) is 0.545. The predicted molar refractivity (Wildman–Crippen MR) is 103 cm³/mol. The van der Waals surface area contributed by atoms with Crippen molar-refractivity contribution < 1.29 is 14.3 Å². The highest BCUT2D eigenvalue weighted by Gasteiger charge is 2.15. The van der Waals surface area contributed by atoms with Gasteiger partial charge in [0.1, 0.15) is 11.5 Å². The third-order valence-corrected chi connectivity index (χ3v) is 3.90. The fraction of sp³-hybridized carbons (Fsp3) is 0.143. The lowest BCUT2D eigenvalue weighted by Crippen LogP contribution is -2.33. The summed E-state index contributed by atoms with van der Waals surface area (Å²) in [7, 11) is 1.60. The molecule has 5 heteroatoms. The maximum Gasteiger partial charge on any atom is 0.280 e. The van der Waals surface area contributed by atoms with E-state index in [2.05, 4.69) is 10.5 Å². The lowest BCUT2D eigenvalue weighted by molar-refractivity contribution is -0.127. The van der Waals surface area contributed by atoms with E-state index in [1.165, 1.54) is 0 Å². The second-order valence-corrected chi connectivity index (χ2v) is 5.75. The second kappa shape index (κ2) is 8.16. The summed E-state index contributed by atoms with van der Waals surface area (Å²) in [5.74, 6) is 1.08. The normalized spacial score (nSPS) is 12.1. The number of hydrogen-bond donors (Lipinski definition) is 1. The van der Waals surface area contributed by atoms with Crippen molar-refractivity contribution in [2.24, 2.45) is 5.10 Å². The fourth-order valence-electron chi connectivity index (χ4n) is 2.53. The summed E-state index contributed by atoms with van der Waals surface area (Å²) in [6, 6.07) is 21.0. The van der Waals surface area contributed by atoms with Gasteiger partial charge in [-0.15, -0.1) is 0 Å². The number of fused-ring (bicyclic) bond motifs is 1. The Labute approximate surface area is 152 Å². The van der Waals surface area contributed by atoms with Gasteiger partial charge in [0.25, 0.3) is 5.91 Å². The Morgan fingerprint density at radius 3 is 2.69 bits per heavy atom. The number of hydrazone groups is 1. The highest BCUT2D eigenvalue weighted by Crippen LogP contribution is 2.26. The summed E-state index contributed by atoms with van der Waals surface area (Å²) in [5, 5.41) is 6.01. The van der Waals surface area contributed by atoms with Gasteiger partial charge in [-0.1, -0.05) is 48.5 Å². The third kappa shape index (κ3) is 4.19. The molecule has 3 aromatic carbocycles. The Morgan fingerprint density at radius 1 is 1.08 bits per heavy atom. The average Bonchev–Trinajstić information content (AvgIpc) is 2.68. The van der Waals surface area contributed by atoms with Crippen LogP contribution in [0.25, 0.3) is 10.8 Å². The molecule has 3 aromatic rings. The van der Waals surface area contributed by atoms with Crippen molar-refractivity contribution in [2.45, 2.75) is 13.0 Å². The van der Waals surface area contributed by atoms with Crippen LogP contribution in [0.2, 0.25) is 0 Å². The van der Waals surface area contributed by atoms with Gasteiger partial charge in [-0.25, -0.2) is 5.43 Å². The van der Waals surface area contributed by atoms with E-state index < -0.39 is 6.10 Å². The number of nitrogens with zero attached hydrogens (tertiary/aromatic N) is 1. The summed E-state index contributed by atoms with van der Waals surface area (Å²) in [5.41, 5.74) is 3.33. The molecule has 1 amide bonds. The van der Waals surface area contributed by atoms with Gasteiger partial charge < -0.3 is 9.47 Å². The zero-order valence-electron chi connectivity index (χ0n) is 14.7. The number of ether oxygens (including phenoxy) is 2. The molecule has 0 saturated carbocycles. The van der Waals surface area contributed by atoms with Crippen molar-refractivity contribution in [1.82, 2.24) is 5.43 Å². The number of methoxy groups -OCH3 is 1. The topological polar surface area (TPSA) is 59.9 Å². The molecule has 3 rings (SSSR count). The summed E-state index contributed by atoms with van der Waals surface area (Å²) < 4.78 is 11.0. The van der Waals surface area contributed by atoms with Crippen LogP contribution >= 0.6 is 0 Å². The predicted octanol–water partition coefficient (Wildman–Crippen LogP) is 3.77. The van der Waals surface area contributed by atoms with Crippen molar-refractivity contribution in [3.05, 3.63) is 72.3 Å². The number of benzene rings is 3. The molecule has 0 saturated heterocycles. The zero-order chi connectivity index (χ0) is 18.4. The minimum absolute atomic E-state index is 0.322. The molecule has 1 atom stereocenters. The number of amides is 1. The van der Waals surface area contributed by atoms with E-state index in [4.69, 9.17) is 9.47 Å². The maximum absolute atomic E-state index is 12.2. The molecule has 26 heavy (non-hydrogen) atoms. The molecule has 0 aliphatic rings. The number of rotatable bonds is 6. The van der Waals surface area contributed by atoms with E-state index in [-0.39, 0.29) is 5.91 Å². The average molecular weight is 348 g/mol. The van der Waals surface area contributed by atoms with Crippen LogP contribution in [0.5, 0.6) is 11.5 Å². The zero-order valence-corrected chi connectivity index (χ0v) is 14.7. The lowest BCUT2D eigenvalue weighted by Gasteiger charge is -2.14. The summed E-state index contributed by atoms with van der Waals surface area (Å²) in [6.45, 7) is 1.69. The molecule has 0 aromatic heterocycles. The molecule has 0 bridgehead atoms. The van der Waals surface area contributed by atoms with Crippen molar-refractivity contribution in [2.75, 3.05) is 7.11 Å². The van der Waals surface area contributed by atoms with Gasteiger partial charge in [-0.3, -0.25) is 4.79 Å². The molecule has 0 fully saturated rings. The van der Waals surface area contributed by atoms with Gasteiger partial charge in [0, 0.05) is 5.39 Å². The molecule has 0 aliphatic heterocycles. The number of carbonyl (C=O) groups excluding carboxylic acids is 1. The van der Waals surface area contributed by atoms with E-state index >= 15 is 0 Å². The van der Waals surface area contributed by atoms with Crippen LogP contribution in [0.15, 0.2) is 71.8 Å². The van der Waals surface area contributed by atoms with Gasteiger partial charge in [0.05, 0.1) is 13.3 Å². The largest absolute Gasteiger partial charge is 0.497 e. The van der Waals surface area contributed by atoms with Crippen molar-refractivity contribution in [3.8, 4) is 11.5 Å².